The molecule has 3 rings (SSSR count). The smallest absolute Gasteiger partial charge is 0.237 e. The molecule has 1 amide bonds. The molecule has 0 N–H and O–H groups in total. The van der Waals surface area contributed by atoms with E-state index in [1.807, 2.05) is 18.2 Å². The summed E-state index contributed by atoms with van der Waals surface area (Å²) < 4.78 is 1.19. The first-order valence-electron chi connectivity index (χ1n) is 8.20. The number of amides is 1. The molecule has 1 aromatic heterocycles. The minimum absolute atomic E-state index is 0.0189. The van der Waals surface area contributed by atoms with Crippen LogP contribution in [0.5, 0.6) is 0 Å². The molecule has 1 aliphatic heterocycles. The first kappa shape index (κ1) is 16.9. The van der Waals surface area contributed by atoms with Gasteiger partial charge in [0.1, 0.15) is 10.5 Å². The van der Waals surface area contributed by atoms with Gasteiger partial charge in [0, 0.05) is 7.05 Å². The summed E-state index contributed by atoms with van der Waals surface area (Å²) in [6.07, 6.45) is 2.09. The van der Waals surface area contributed by atoms with Crippen LogP contribution in [-0.2, 0) is 4.79 Å². The van der Waals surface area contributed by atoms with Crippen LogP contribution in [-0.4, -0.2) is 46.4 Å². The molecule has 1 fully saturated rings. The maximum Gasteiger partial charge on any atom is 0.237 e. The van der Waals surface area contributed by atoms with Crippen LogP contribution in [0.2, 0.25) is 0 Å². The SMILES string of the molecule is CN(C(=O)CN1CCC[C@@H]1c1nc2ccccc2s1)C(C)(C)C#N. The molecule has 0 unspecified atom stereocenters. The van der Waals surface area contributed by atoms with Gasteiger partial charge in [0.25, 0.3) is 0 Å². The third-order valence-electron chi connectivity index (χ3n) is 4.78. The van der Waals surface area contributed by atoms with Crippen molar-refractivity contribution < 1.29 is 4.79 Å². The fourth-order valence-corrected chi connectivity index (χ4v) is 4.13. The van der Waals surface area contributed by atoms with Crippen LogP contribution >= 0.6 is 11.3 Å². The van der Waals surface area contributed by atoms with Gasteiger partial charge in [-0.3, -0.25) is 9.69 Å². The van der Waals surface area contributed by atoms with E-state index in [4.69, 9.17) is 4.98 Å². The number of para-hydroxylation sites is 1. The lowest BCUT2D eigenvalue weighted by molar-refractivity contribution is -0.134. The zero-order valence-electron chi connectivity index (χ0n) is 14.3. The summed E-state index contributed by atoms with van der Waals surface area (Å²) in [7, 11) is 1.70. The molecule has 1 saturated heterocycles. The van der Waals surface area contributed by atoms with Crippen LogP contribution in [0.3, 0.4) is 0 Å². The molecule has 0 aliphatic carbocycles. The number of hydrogen-bond donors (Lipinski definition) is 0. The number of likely N-dealkylation sites (N-methyl/N-ethyl adjacent to an activating group) is 1. The van der Waals surface area contributed by atoms with E-state index in [-0.39, 0.29) is 11.9 Å². The van der Waals surface area contributed by atoms with Crippen LogP contribution in [0.4, 0.5) is 0 Å². The molecule has 2 heterocycles. The number of carbonyl (C=O) groups is 1. The van der Waals surface area contributed by atoms with Gasteiger partial charge in [-0.15, -0.1) is 11.3 Å². The first-order chi connectivity index (χ1) is 11.4. The second-order valence-corrected chi connectivity index (χ2v) is 7.83. The average molecular weight is 342 g/mol. The van der Waals surface area contributed by atoms with E-state index >= 15 is 0 Å². The predicted molar refractivity (Wildman–Crippen MR) is 95.6 cm³/mol. The first-order valence-corrected chi connectivity index (χ1v) is 9.01. The van der Waals surface area contributed by atoms with Crippen molar-refractivity contribution in [3.63, 3.8) is 0 Å². The van der Waals surface area contributed by atoms with E-state index in [9.17, 15) is 10.1 Å². The lowest BCUT2D eigenvalue weighted by Crippen LogP contribution is -2.48. The summed E-state index contributed by atoms with van der Waals surface area (Å²) in [4.78, 5) is 21.1. The average Bonchev–Trinajstić information content (AvgIpc) is 3.19. The Bertz CT molecular complexity index is 759. The van der Waals surface area contributed by atoms with Crippen molar-refractivity contribution in [2.45, 2.75) is 38.3 Å². The molecular weight excluding hydrogens is 320 g/mol. The Morgan fingerprint density at radius 2 is 2.25 bits per heavy atom. The van der Waals surface area contributed by atoms with Gasteiger partial charge in [-0.05, 0) is 45.4 Å². The van der Waals surface area contributed by atoms with Crippen molar-refractivity contribution in [3.05, 3.63) is 29.3 Å². The molecule has 0 saturated carbocycles. The highest BCUT2D eigenvalue weighted by Crippen LogP contribution is 2.36. The van der Waals surface area contributed by atoms with Crippen molar-refractivity contribution in [2.24, 2.45) is 0 Å². The van der Waals surface area contributed by atoms with Gasteiger partial charge in [-0.25, -0.2) is 4.98 Å². The van der Waals surface area contributed by atoms with Gasteiger partial charge in [0.15, 0.2) is 0 Å². The Hall–Kier alpha value is -1.97. The number of aromatic nitrogens is 1. The highest BCUT2D eigenvalue weighted by Gasteiger charge is 2.33. The van der Waals surface area contributed by atoms with Gasteiger partial charge in [-0.1, -0.05) is 12.1 Å². The van der Waals surface area contributed by atoms with E-state index in [0.29, 0.717) is 6.54 Å². The number of nitriles is 1. The molecule has 1 aromatic carbocycles. The summed E-state index contributed by atoms with van der Waals surface area (Å²) in [5, 5.41) is 10.3. The Kier molecular flexibility index (Phi) is 4.57. The summed E-state index contributed by atoms with van der Waals surface area (Å²) in [6.45, 7) is 4.76. The molecule has 1 atom stereocenters. The third kappa shape index (κ3) is 3.14. The number of thiazole rings is 1. The number of nitrogens with zero attached hydrogens (tertiary/aromatic N) is 4. The Balaban J connectivity index is 1.76. The van der Waals surface area contributed by atoms with Crippen LogP contribution in [0.15, 0.2) is 24.3 Å². The number of carbonyl (C=O) groups excluding carboxylic acids is 1. The van der Waals surface area contributed by atoms with Gasteiger partial charge in [0.2, 0.25) is 5.91 Å². The summed E-state index contributed by atoms with van der Waals surface area (Å²) in [5.41, 5.74) is 0.237. The fraction of sp³-hybridized carbons (Fsp3) is 0.500. The summed E-state index contributed by atoms with van der Waals surface area (Å²) in [5.74, 6) is -0.0189. The number of likely N-dealkylation sites (tertiary alicyclic amines) is 1. The van der Waals surface area contributed by atoms with Crippen LogP contribution in [0, 0.1) is 11.3 Å². The van der Waals surface area contributed by atoms with E-state index in [0.717, 1.165) is 29.9 Å². The summed E-state index contributed by atoms with van der Waals surface area (Å²) >= 11 is 1.71. The van der Waals surface area contributed by atoms with E-state index in [1.165, 1.54) is 4.70 Å². The van der Waals surface area contributed by atoms with Crippen molar-refractivity contribution in [1.82, 2.24) is 14.8 Å². The second kappa shape index (κ2) is 6.50. The van der Waals surface area contributed by atoms with Gasteiger partial charge >= 0.3 is 0 Å². The maximum absolute atomic E-state index is 12.6. The highest BCUT2D eigenvalue weighted by atomic mass is 32.1. The highest BCUT2D eigenvalue weighted by molar-refractivity contribution is 7.18. The van der Waals surface area contributed by atoms with Gasteiger partial charge in [-0.2, -0.15) is 5.26 Å². The molecule has 126 valence electrons. The topological polar surface area (TPSA) is 60.2 Å². The molecule has 0 spiro atoms. The van der Waals surface area contributed by atoms with E-state index in [1.54, 1.807) is 37.1 Å². The van der Waals surface area contributed by atoms with Crippen molar-refractivity contribution in [3.8, 4) is 6.07 Å². The normalized spacial score (nSPS) is 18.7. The second-order valence-electron chi connectivity index (χ2n) is 6.77. The minimum atomic E-state index is -0.790. The standard InChI is InChI=1S/C18H22N4OS/c1-18(2,12-19)21(3)16(23)11-22-10-6-8-14(22)17-20-13-7-4-5-9-15(13)24-17/h4-5,7,9,14H,6,8,10-11H2,1-3H3/t14-/m1/s1. The molecule has 6 heteroatoms. The Morgan fingerprint density at radius 3 is 2.96 bits per heavy atom. The maximum atomic E-state index is 12.6. The Labute approximate surface area is 146 Å². The van der Waals surface area contributed by atoms with Crippen molar-refractivity contribution in [2.75, 3.05) is 20.1 Å². The largest absolute Gasteiger partial charge is 0.326 e. The molecule has 2 aromatic rings. The molecule has 5 nitrogen and oxygen atoms in total. The number of hydrogen-bond acceptors (Lipinski definition) is 5. The zero-order valence-corrected chi connectivity index (χ0v) is 15.1. The number of rotatable bonds is 4. The van der Waals surface area contributed by atoms with Gasteiger partial charge in [0.05, 0.1) is 28.9 Å². The molecule has 0 radical (unpaired) electrons. The quantitative estimate of drug-likeness (QED) is 0.856. The summed E-state index contributed by atoms with van der Waals surface area (Å²) in [6, 6.07) is 10.5. The lowest BCUT2D eigenvalue weighted by atomic mass is 10.1. The Morgan fingerprint density at radius 1 is 1.50 bits per heavy atom. The molecular formula is C18H22N4OS. The van der Waals surface area contributed by atoms with E-state index in [2.05, 4.69) is 17.0 Å². The van der Waals surface area contributed by atoms with Crippen LogP contribution < -0.4 is 0 Å². The van der Waals surface area contributed by atoms with Crippen molar-refractivity contribution >= 4 is 27.5 Å². The monoisotopic (exact) mass is 342 g/mol. The third-order valence-corrected chi connectivity index (χ3v) is 5.92. The zero-order chi connectivity index (χ0) is 17.3. The van der Waals surface area contributed by atoms with E-state index < -0.39 is 5.54 Å². The van der Waals surface area contributed by atoms with Crippen LogP contribution in [0.1, 0.15) is 37.7 Å². The van der Waals surface area contributed by atoms with Crippen molar-refractivity contribution in [1.29, 1.82) is 5.26 Å². The molecule has 1 aliphatic rings. The fourth-order valence-electron chi connectivity index (χ4n) is 2.99. The molecule has 24 heavy (non-hydrogen) atoms. The minimum Gasteiger partial charge on any atom is -0.326 e. The van der Waals surface area contributed by atoms with Crippen LogP contribution in [0.25, 0.3) is 10.2 Å². The predicted octanol–water partition coefficient (Wildman–Crippen LogP) is 3.19. The number of benzene rings is 1. The number of fused-ring (bicyclic) bond motifs is 1. The molecule has 0 bridgehead atoms. The lowest BCUT2D eigenvalue weighted by Gasteiger charge is -2.32. The van der Waals surface area contributed by atoms with Gasteiger partial charge < -0.3 is 4.90 Å².